The van der Waals surface area contributed by atoms with Gasteiger partial charge in [-0.3, -0.25) is 0 Å². The monoisotopic (exact) mass is 287 g/mol. The fourth-order valence-electron chi connectivity index (χ4n) is 2.07. The van der Waals surface area contributed by atoms with Crippen molar-refractivity contribution in [3.63, 3.8) is 0 Å². The van der Waals surface area contributed by atoms with Crippen LogP contribution in [0.4, 0.5) is 10.8 Å². The second kappa shape index (κ2) is 5.27. The van der Waals surface area contributed by atoms with Gasteiger partial charge in [0.2, 0.25) is 0 Å². The van der Waals surface area contributed by atoms with Gasteiger partial charge in [0.15, 0.2) is 15.7 Å². The highest BCUT2D eigenvalue weighted by molar-refractivity contribution is 7.91. The van der Waals surface area contributed by atoms with Crippen LogP contribution >= 0.6 is 11.5 Å². The Hall–Kier alpha value is -1.08. The first-order valence-electron chi connectivity index (χ1n) is 5.85. The molecule has 0 amide bonds. The van der Waals surface area contributed by atoms with Crippen LogP contribution < -0.4 is 11.1 Å². The predicted molar refractivity (Wildman–Crippen MR) is 74.7 cm³/mol. The Kier molecular flexibility index (Phi) is 3.91. The molecule has 0 bridgehead atoms. The molecule has 0 saturated carbocycles. The number of sulfone groups is 1. The third-order valence-corrected chi connectivity index (χ3v) is 5.01. The van der Waals surface area contributed by atoms with Gasteiger partial charge in [-0.05, 0) is 37.2 Å². The summed E-state index contributed by atoms with van der Waals surface area (Å²) < 4.78 is 27.1. The molecule has 1 heterocycles. The van der Waals surface area contributed by atoms with Gasteiger partial charge in [-0.1, -0.05) is 11.6 Å². The molecule has 7 heteroatoms. The highest BCUT2D eigenvalue weighted by atomic mass is 32.2. The fraction of sp³-hybridized carbons (Fsp3) is 0.545. The van der Waals surface area contributed by atoms with Crippen molar-refractivity contribution < 1.29 is 8.42 Å². The number of allylic oxidation sites excluding steroid dienone is 1. The number of rotatable bonds is 5. The molecule has 0 unspecified atom stereocenters. The molecule has 2 rings (SSSR count). The highest BCUT2D eigenvalue weighted by Gasteiger charge is 2.20. The second-order valence-electron chi connectivity index (χ2n) is 4.43. The summed E-state index contributed by atoms with van der Waals surface area (Å²) >= 11 is 1.10. The lowest BCUT2D eigenvalue weighted by Crippen LogP contribution is -2.07. The molecule has 0 aromatic carbocycles. The summed E-state index contributed by atoms with van der Waals surface area (Å²) in [5.41, 5.74) is 7.04. The van der Waals surface area contributed by atoms with Gasteiger partial charge in [0, 0.05) is 12.8 Å². The minimum absolute atomic E-state index is 0.0880. The third kappa shape index (κ3) is 3.02. The molecule has 0 atom stereocenters. The van der Waals surface area contributed by atoms with E-state index in [1.807, 2.05) is 0 Å². The smallest absolute Gasteiger partial charge is 0.182 e. The Bertz CT molecular complexity index is 561. The number of nitrogens with zero attached hydrogens (tertiary/aromatic N) is 1. The maximum absolute atomic E-state index is 11.6. The summed E-state index contributed by atoms with van der Waals surface area (Å²) in [5, 5.41) is 3.67. The summed E-state index contributed by atoms with van der Waals surface area (Å²) in [7, 11) is -3.32. The van der Waals surface area contributed by atoms with Crippen LogP contribution in [0.1, 0.15) is 25.7 Å². The number of nitrogen functional groups attached to an aromatic ring is 1. The number of hydrogen-bond acceptors (Lipinski definition) is 6. The maximum Gasteiger partial charge on any atom is 0.182 e. The van der Waals surface area contributed by atoms with E-state index in [9.17, 15) is 8.42 Å². The molecule has 0 aliphatic heterocycles. The van der Waals surface area contributed by atoms with E-state index in [1.54, 1.807) is 0 Å². The number of nitrogens with two attached hydrogens (primary N) is 1. The molecule has 0 radical (unpaired) electrons. The van der Waals surface area contributed by atoms with Crippen molar-refractivity contribution in [1.82, 2.24) is 4.37 Å². The Morgan fingerprint density at radius 3 is 2.94 bits per heavy atom. The Labute approximate surface area is 111 Å². The van der Waals surface area contributed by atoms with Crippen molar-refractivity contribution in [3.8, 4) is 0 Å². The summed E-state index contributed by atoms with van der Waals surface area (Å²) in [6, 6.07) is 0. The Balaban J connectivity index is 2.01. The van der Waals surface area contributed by atoms with Crippen molar-refractivity contribution in [2.24, 2.45) is 0 Å². The molecular weight excluding hydrogens is 270 g/mol. The summed E-state index contributed by atoms with van der Waals surface area (Å²) in [6.45, 7) is 0.718. The lowest BCUT2D eigenvalue weighted by Gasteiger charge is -2.06. The van der Waals surface area contributed by atoms with E-state index in [1.165, 1.54) is 12.0 Å². The maximum atomic E-state index is 11.6. The van der Waals surface area contributed by atoms with Gasteiger partial charge < -0.3 is 11.1 Å². The molecule has 0 spiro atoms. The molecule has 1 aromatic rings. The van der Waals surface area contributed by atoms with Crippen molar-refractivity contribution in [2.45, 2.75) is 30.6 Å². The van der Waals surface area contributed by atoms with Gasteiger partial charge in [-0.2, -0.15) is 4.37 Å². The van der Waals surface area contributed by atoms with Crippen LogP contribution in [0.25, 0.3) is 0 Å². The summed E-state index contributed by atoms with van der Waals surface area (Å²) in [4.78, 5) is 0.132. The van der Waals surface area contributed by atoms with Crippen LogP contribution in [0.15, 0.2) is 16.5 Å². The number of anilines is 2. The minimum Gasteiger partial charge on any atom is -0.382 e. The van der Waals surface area contributed by atoms with E-state index in [0.717, 1.165) is 43.6 Å². The quantitative estimate of drug-likeness (QED) is 0.809. The number of nitrogens with one attached hydrogen (secondary N) is 1. The van der Waals surface area contributed by atoms with E-state index in [0.29, 0.717) is 5.00 Å². The molecular formula is C11H17N3O2S2. The molecule has 1 aliphatic carbocycles. The van der Waals surface area contributed by atoms with Crippen molar-refractivity contribution >= 4 is 32.2 Å². The average Bonchev–Trinajstić information content (AvgIpc) is 2.87. The molecule has 0 fully saturated rings. The van der Waals surface area contributed by atoms with E-state index in [4.69, 9.17) is 5.73 Å². The Morgan fingerprint density at radius 2 is 2.33 bits per heavy atom. The van der Waals surface area contributed by atoms with E-state index >= 15 is 0 Å². The first-order chi connectivity index (χ1) is 8.48. The van der Waals surface area contributed by atoms with Crippen molar-refractivity contribution in [1.29, 1.82) is 0 Å². The zero-order valence-corrected chi connectivity index (χ0v) is 11.9. The highest BCUT2D eigenvalue weighted by Crippen LogP contribution is 2.31. The first kappa shape index (κ1) is 13.4. The van der Waals surface area contributed by atoms with Gasteiger partial charge in [0.05, 0.1) is 0 Å². The van der Waals surface area contributed by atoms with Gasteiger partial charge in [0.25, 0.3) is 0 Å². The fourth-order valence-corrected chi connectivity index (χ4v) is 4.16. The number of aromatic nitrogens is 1. The van der Waals surface area contributed by atoms with Crippen LogP contribution in [0.5, 0.6) is 0 Å². The SMILES string of the molecule is CS(=O)(=O)c1c(N)nsc1NCCC1=CCCC1. The topological polar surface area (TPSA) is 85.1 Å². The lowest BCUT2D eigenvalue weighted by atomic mass is 10.2. The zero-order valence-electron chi connectivity index (χ0n) is 10.3. The number of hydrogen-bond donors (Lipinski definition) is 2. The van der Waals surface area contributed by atoms with Gasteiger partial charge in [0.1, 0.15) is 9.90 Å². The summed E-state index contributed by atoms with van der Waals surface area (Å²) in [5.74, 6) is 0.0880. The Morgan fingerprint density at radius 1 is 1.56 bits per heavy atom. The molecule has 18 heavy (non-hydrogen) atoms. The third-order valence-electron chi connectivity index (χ3n) is 2.91. The zero-order chi connectivity index (χ0) is 13.2. The van der Waals surface area contributed by atoms with E-state index in [2.05, 4.69) is 15.8 Å². The first-order valence-corrected chi connectivity index (χ1v) is 8.52. The molecule has 0 saturated heterocycles. The van der Waals surface area contributed by atoms with Crippen molar-refractivity contribution in [2.75, 3.05) is 23.9 Å². The standard InChI is InChI=1S/C11H17N3O2S2/c1-18(15,16)9-10(12)14-17-11(9)13-7-6-8-4-2-3-5-8/h4,13H,2-3,5-7H2,1H3,(H2,12,14). The lowest BCUT2D eigenvalue weighted by molar-refractivity contribution is 0.602. The molecule has 5 nitrogen and oxygen atoms in total. The normalized spacial score (nSPS) is 15.7. The van der Waals surface area contributed by atoms with E-state index < -0.39 is 9.84 Å². The van der Waals surface area contributed by atoms with Gasteiger partial charge in [-0.25, -0.2) is 8.42 Å². The van der Waals surface area contributed by atoms with Gasteiger partial charge in [-0.15, -0.1) is 0 Å². The molecule has 100 valence electrons. The predicted octanol–water partition coefficient (Wildman–Crippen LogP) is 2.04. The van der Waals surface area contributed by atoms with Crippen molar-refractivity contribution in [3.05, 3.63) is 11.6 Å². The van der Waals surface area contributed by atoms with E-state index in [-0.39, 0.29) is 10.7 Å². The second-order valence-corrected chi connectivity index (χ2v) is 7.16. The largest absolute Gasteiger partial charge is 0.382 e. The molecule has 1 aromatic heterocycles. The minimum atomic E-state index is -3.32. The van der Waals surface area contributed by atoms with Crippen LogP contribution in [-0.4, -0.2) is 25.6 Å². The van der Waals surface area contributed by atoms with Crippen LogP contribution in [0.2, 0.25) is 0 Å². The molecule has 3 N–H and O–H groups in total. The van der Waals surface area contributed by atoms with Crippen LogP contribution in [-0.2, 0) is 9.84 Å². The van der Waals surface area contributed by atoms with Crippen LogP contribution in [0, 0.1) is 0 Å². The molecule has 1 aliphatic rings. The summed E-state index contributed by atoms with van der Waals surface area (Å²) in [6.07, 6.45) is 7.92. The average molecular weight is 287 g/mol. The van der Waals surface area contributed by atoms with Crippen LogP contribution in [0.3, 0.4) is 0 Å². The van der Waals surface area contributed by atoms with Gasteiger partial charge >= 0.3 is 0 Å².